The van der Waals surface area contributed by atoms with Crippen molar-refractivity contribution in [2.24, 2.45) is 0 Å². The highest BCUT2D eigenvalue weighted by atomic mass is 35.5. The number of amides is 2. The van der Waals surface area contributed by atoms with E-state index in [1.807, 2.05) is 11.8 Å². The molecule has 1 fully saturated rings. The quantitative estimate of drug-likeness (QED) is 0.163. The molecule has 1 saturated heterocycles. The van der Waals surface area contributed by atoms with E-state index in [1.54, 1.807) is 21.0 Å². The van der Waals surface area contributed by atoms with E-state index in [-0.39, 0.29) is 39.8 Å². The molecule has 0 bridgehead atoms. The number of rotatable bonds is 12. The summed E-state index contributed by atoms with van der Waals surface area (Å²) in [5, 5.41) is 9.62. The molecule has 12 nitrogen and oxygen atoms in total. The molecule has 0 saturated carbocycles. The Morgan fingerprint density at radius 3 is 2.59 bits per heavy atom. The fourth-order valence-electron chi connectivity index (χ4n) is 4.09. The number of nitrogens with zero attached hydrogens (tertiary/aromatic N) is 2. The molecular formula is C24H34Cl2N6O6S. The molecule has 0 radical (unpaired) electrons. The Morgan fingerprint density at radius 1 is 1.23 bits per heavy atom. The van der Waals surface area contributed by atoms with Gasteiger partial charge in [0.05, 0.1) is 28.8 Å². The molecule has 2 amide bonds. The zero-order valence-electron chi connectivity index (χ0n) is 22.5. The summed E-state index contributed by atoms with van der Waals surface area (Å²) in [6, 6.07) is -0.320. The van der Waals surface area contributed by atoms with Crippen LogP contribution in [-0.2, 0) is 14.2 Å². The number of esters is 1. The number of carbonyl (C=O) groups is 3. The molecule has 3 atom stereocenters. The third-order valence-corrected chi connectivity index (χ3v) is 8.16. The van der Waals surface area contributed by atoms with Gasteiger partial charge in [0.1, 0.15) is 10.6 Å². The van der Waals surface area contributed by atoms with Crippen LogP contribution in [0, 0.1) is 6.92 Å². The first-order valence-corrected chi connectivity index (χ1v) is 14.0. The summed E-state index contributed by atoms with van der Waals surface area (Å²) in [6.07, 6.45) is -0.428. The van der Waals surface area contributed by atoms with Gasteiger partial charge < -0.3 is 34.7 Å². The van der Waals surface area contributed by atoms with Gasteiger partial charge in [0.25, 0.3) is 11.8 Å². The molecular weight excluding hydrogens is 571 g/mol. The van der Waals surface area contributed by atoms with E-state index in [9.17, 15) is 14.4 Å². The zero-order chi connectivity index (χ0) is 28.7. The van der Waals surface area contributed by atoms with E-state index in [2.05, 4.69) is 25.9 Å². The van der Waals surface area contributed by atoms with Crippen molar-refractivity contribution < 1.29 is 28.6 Å². The fourth-order valence-corrected chi connectivity index (χ4v) is 5.49. The Hall–Kier alpha value is -2.42. The molecule has 1 aliphatic heterocycles. The minimum atomic E-state index is -0.647. The van der Waals surface area contributed by atoms with Crippen LogP contribution in [0.4, 0.5) is 5.13 Å². The highest BCUT2D eigenvalue weighted by Gasteiger charge is 2.35. The number of nitrogens with one attached hydrogen (secondary N) is 4. The zero-order valence-corrected chi connectivity index (χ0v) is 24.8. The standard InChI is InChI=1S/C24H34Cl2N6O6S/c1-6-27-13(3)38-23(35)20-19(21(33)28-8-10-36-4)31-24(39-20)32-9-7-14(15(11-32)37-5)30-22(34)18-17(26)16(25)12(2)29-18/h13-15,27,29H,6-11H2,1-5H3,(H,28,33)(H,30,34)/t13?,14-,15+/m1/s1. The molecule has 3 rings (SSSR count). The third-order valence-electron chi connectivity index (χ3n) is 6.11. The number of anilines is 1. The molecule has 15 heteroatoms. The van der Waals surface area contributed by atoms with Crippen molar-refractivity contribution in [3.8, 4) is 0 Å². The second kappa shape index (κ2) is 14.3. The monoisotopic (exact) mass is 604 g/mol. The maximum absolute atomic E-state index is 13.0. The summed E-state index contributed by atoms with van der Waals surface area (Å²) in [6.45, 7) is 7.37. The lowest BCUT2D eigenvalue weighted by Gasteiger charge is -2.37. The Balaban J connectivity index is 1.77. The van der Waals surface area contributed by atoms with Gasteiger partial charge in [-0.05, 0) is 26.8 Å². The predicted molar refractivity (Wildman–Crippen MR) is 149 cm³/mol. The number of thiazole rings is 1. The SMILES string of the molecule is CCNC(C)OC(=O)c1sc(N2CC[C@@H](NC(=O)c3[nH]c(C)c(Cl)c3Cl)[C@@H](OC)C2)nc1C(=O)NCCOC. The van der Waals surface area contributed by atoms with Gasteiger partial charge in [-0.2, -0.15) is 0 Å². The number of aromatic nitrogens is 2. The first-order valence-electron chi connectivity index (χ1n) is 12.5. The lowest BCUT2D eigenvalue weighted by atomic mass is 10.0. The van der Waals surface area contributed by atoms with Crippen LogP contribution in [0.15, 0.2) is 0 Å². The first-order chi connectivity index (χ1) is 18.6. The molecule has 216 valence electrons. The summed E-state index contributed by atoms with van der Waals surface area (Å²) < 4.78 is 16.1. The molecule has 4 N–H and O–H groups in total. The lowest BCUT2D eigenvalue weighted by molar-refractivity contribution is 0.0273. The van der Waals surface area contributed by atoms with Crippen molar-refractivity contribution in [1.82, 2.24) is 25.9 Å². The van der Waals surface area contributed by atoms with Gasteiger partial charge in [0, 0.05) is 39.5 Å². The Morgan fingerprint density at radius 2 is 1.97 bits per heavy atom. The number of methoxy groups -OCH3 is 2. The average Bonchev–Trinajstić information content (AvgIpc) is 3.47. The number of aryl methyl sites for hydroxylation is 1. The van der Waals surface area contributed by atoms with Crippen molar-refractivity contribution in [2.45, 2.75) is 45.6 Å². The van der Waals surface area contributed by atoms with Crippen LogP contribution in [0.2, 0.25) is 10.0 Å². The molecule has 39 heavy (non-hydrogen) atoms. The molecule has 0 aromatic carbocycles. The molecule has 1 unspecified atom stereocenters. The second-order valence-electron chi connectivity index (χ2n) is 8.87. The molecule has 1 aliphatic rings. The van der Waals surface area contributed by atoms with Crippen LogP contribution in [0.5, 0.6) is 0 Å². The molecule has 3 heterocycles. The summed E-state index contributed by atoms with van der Waals surface area (Å²) >= 11 is 13.4. The number of halogens is 2. The minimum absolute atomic E-state index is 0.0159. The lowest BCUT2D eigenvalue weighted by Crippen LogP contribution is -2.55. The normalized spacial score (nSPS) is 18.1. The second-order valence-corrected chi connectivity index (χ2v) is 10.6. The van der Waals surface area contributed by atoms with Crippen LogP contribution in [0.1, 0.15) is 56.6 Å². The van der Waals surface area contributed by atoms with Crippen LogP contribution in [-0.4, -0.2) is 93.1 Å². The third kappa shape index (κ3) is 7.62. The average molecular weight is 606 g/mol. The molecule has 0 aliphatic carbocycles. The van der Waals surface area contributed by atoms with Crippen molar-refractivity contribution in [3.05, 3.63) is 32.0 Å². The van der Waals surface area contributed by atoms with Gasteiger partial charge in [-0.1, -0.05) is 41.5 Å². The molecule has 2 aromatic heterocycles. The largest absolute Gasteiger partial charge is 0.443 e. The van der Waals surface area contributed by atoms with Gasteiger partial charge in [0.15, 0.2) is 17.1 Å². The van der Waals surface area contributed by atoms with Crippen LogP contribution >= 0.6 is 34.5 Å². The van der Waals surface area contributed by atoms with E-state index in [1.165, 1.54) is 7.11 Å². The van der Waals surface area contributed by atoms with Gasteiger partial charge in [-0.3, -0.25) is 14.9 Å². The number of carbonyl (C=O) groups excluding carboxylic acids is 3. The Bertz CT molecular complexity index is 1170. The Labute approximate surface area is 241 Å². The summed E-state index contributed by atoms with van der Waals surface area (Å²) in [4.78, 5) is 48.1. The number of hydrogen-bond donors (Lipinski definition) is 4. The number of piperidine rings is 1. The van der Waals surface area contributed by atoms with Crippen molar-refractivity contribution in [3.63, 3.8) is 0 Å². The van der Waals surface area contributed by atoms with E-state index >= 15 is 0 Å². The van der Waals surface area contributed by atoms with E-state index in [0.29, 0.717) is 48.5 Å². The summed E-state index contributed by atoms with van der Waals surface area (Å²) in [5.41, 5.74) is 0.776. The minimum Gasteiger partial charge on any atom is -0.443 e. The van der Waals surface area contributed by atoms with E-state index in [0.717, 1.165) is 11.3 Å². The predicted octanol–water partition coefficient (Wildman–Crippen LogP) is 2.60. The van der Waals surface area contributed by atoms with E-state index in [4.69, 9.17) is 37.4 Å². The van der Waals surface area contributed by atoms with Crippen LogP contribution < -0.4 is 20.9 Å². The van der Waals surface area contributed by atoms with Crippen molar-refractivity contribution in [2.75, 3.05) is 51.9 Å². The van der Waals surface area contributed by atoms with Gasteiger partial charge >= 0.3 is 5.97 Å². The number of aromatic amines is 1. The highest BCUT2D eigenvalue weighted by Crippen LogP contribution is 2.32. The Kier molecular flexibility index (Phi) is 11.4. The van der Waals surface area contributed by atoms with Crippen LogP contribution in [0.3, 0.4) is 0 Å². The summed E-state index contributed by atoms with van der Waals surface area (Å²) in [5.74, 6) is -1.54. The van der Waals surface area contributed by atoms with Gasteiger partial charge in [0.2, 0.25) is 0 Å². The van der Waals surface area contributed by atoms with Gasteiger partial charge in [-0.25, -0.2) is 9.78 Å². The van der Waals surface area contributed by atoms with Crippen molar-refractivity contribution in [1.29, 1.82) is 0 Å². The fraction of sp³-hybridized carbons (Fsp3) is 0.583. The van der Waals surface area contributed by atoms with Gasteiger partial charge in [-0.15, -0.1) is 0 Å². The number of hydrogen-bond acceptors (Lipinski definition) is 10. The topological polar surface area (TPSA) is 147 Å². The van der Waals surface area contributed by atoms with Crippen LogP contribution in [0.25, 0.3) is 0 Å². The number of ether oxygens (including phenoxy) is 3. The molecule has 0 spiro atoms. The molecule has 2 aromatic rings. The number of H-pyrrole nitrogens is 1. The highest BCUT2D eigenvalue weighted by molar-refractivity contribution is 7.17. The maximum atomic E-state index is 13.0. The van der Waals surface area contributed by atoms with E-state index < -0.39 is 24.2 Å². The van der Waals surface area contributed by atoms with Crippen molar-refractivity contribution >= 4 is 57.5 Å². The summed E-state index contributed by atoms with van der Waals surface area (Å²) in [7, 11) is 3.08. The first kappa shape index (κ1) is 31.1. The maximum Gasteiger partial charge on any atom is 0.352 e. The smallest absolute Gasteiger partial charge is 0.352 e.